The zero-order valence-electron chi connectivity index (χ0n) is 12.1. The maximum Gasteiger partial charge on any atom is 0.247 e. The predicted molar refractivity (Wildman–Crippen MR) is 82.3 cm³/mol. The lowest BCUT2D eigenvalue weighted by molar-refractivity contribution is -0.151. The van der Waals surface area contributed by atoms with Crippen LogP contribution in [-0.4, -0.2) is 36.1 Å². The lowest BCUT2D eigenvalue weighted by Gasteiger charge is -2.41. The van der Waals surface area contributed by atoms with Crippen molar-refractivity contribution in [3.05, 3.63) is 34.3 Å². The van der Waals surface area contributed by atoms with Gasteiger partial charge in [-0.3, -0.25) is 4.79 Å². The average Bonchev–Trinajstić information content (AvgIpc) is 2.37. The fraction of sp³-hybridized carbons (Fsp3) is 0.533. The summed E-state index contributed by atoms with van der Waals surface area (Å²) in [6.07, 6.45) is 0. The third-order valence-corrected chi connectivity index (χ3v) is 4.13. The van der Waals surface area contributed by atoms with Crippen molar-refractivity contribution in [2.24, 2.45) is 5.73 Å². The second kappa shape index (κ2) is 5.47. The number of morpholine rings is 1. The smallest absolute Gasteiger partial charge is 0.247 e. The van der Waals surface area contributed by atoms with Crippen LogP contribution >= 0.6 is 15.9 Å². The molecule has 1 aromatic carbocycles. The molecule has 20 heavy (non-hydrogen) atoms. The SMILES string of the molecule is CC1(C)CN(C(=O)C(C)(N)c2ccc(Br)cc2)CCO1. The first kappa shape index (κ1) is 15.5. The average molecular weight is 341 g/mol. The summed E-state index contributed by atoms with van der Waals surface area (Å²) in [7, 11) is 0. The van der Waals surface area contributed by atoms with Gasteiger partial charge in [-0.25, -0.2) is 0 Å². The molecule has 0 aromatic heterocycles. The van der Waals surface area contributed by atoms with Gasteiger partial charge in [-0.05, 0) is 38.5 Å². The summed E-state index contributed by atoms with van der Waals surface area (Å²) >= 11 is 3.39. The van der Waals surface area contributed by atoms with E-state index in [4.69, 9.17) is 10.5 Å². The highest BCUT2D eigenvalue weighted by molar-refractivity contribution is 9.10. The van der Waals surface area contributed by atoms with Crippen LogP contribution in [0.15, 0.2) is 28.7 Å². The summed E-state index contributed by atoms with van der Waals surface area (Å²) in [6, 6.07) is 7.56. The Bertz CT molecular complexity index is 497. The molecular formula is C15H21BrN2O2. The molecule has 2 N–H and O–H groups in total. The molecule has 1 saturated heterocycles. The van der Waals surface area contributed by atoms with E-state index in [-0.39, 0.29) is 11.5 Å². The zero-order valence-corrected chi connectivity index (χ0v) is 13.7. The van der Waals surface area contributed by atoms with E-state index in [0.29, 0.717) is 19.7 Å². The maximum absolute atomic E-state index is 12.7. The minimum absolute atomic E-state index is 0.0591. The van der Waals surface area contributed by atoms with Gasteiger partial charge in [-0.15, -0.1) is 0 Å². The van der Waals surface area contributed by atoms with Crippen LogP contribution in [0.4, 0.5) is 0 Å². The van der Waals surface area contributed by atoms with Gasteiger partial charge >= 0.3 is 0 Å². The Morgan fingerprint density at radius 3 is 2.55 bits per heavy atom. The van der Waals surface area contributed by atoms with Crippen LogP contribution in [0.5, 0.6) is 0 Å². The number of hydrogen-bond acceptors (Lipinski definition) is 3. The molecule has 5 heteroatoms. The van der Waals surface area contributed by atoms with Crippen molar-refractivity contribution in [1.82, 2.24) is 4.90 Å². The van der Waals surface area contributed by atoms with E-state index in [9.17, 15) is 4.79 Å². The van der Waals surface area contributed by atoms with Crippen LogP contribution in [0.25, 0.3) is 0 Å². The van der Waals surface area contributed by atoms with E-state index in [1.165, 1.54) is 0 Å². The molecule has 1 aliphatic rings. The van der Waals surface area contributed by atoms with E-state index in [2.05, 4.69) is 15.9 Å². The van der Waals surface area contributed by atoms with Crippen LogP contribution in [0, 0.1) is 0 Å². The molecule has 1 aliphatic heterocycles. The summed E-state index contributed by atoms with van der Waals surface area (Å²) in [5.41, 5.74) is 5.78. The molecule has 1 atom stereocenters. The highest BCUT2D eigenvalue weighted by atomic mass is 79.9. The summed E-state index contributed by atoms with van der Waals surface area (Å²) in [6.45, 7) is 7.44. The maximum atomic E-state index is 12.7. The van der Waals surface area contributed by atoms with Gasteiger partial charge in [0, 0.05) is 17.6 Å². The Labute approximate surface area is 128 Å². The quantitative estimate of drug-likeness (QED) is 0.898. The Morgan fingerprint density at radius 2 is 2.00 bits per heavy atom. The standard InChI is InChI=1S/C15H21BrN2O2/c1-14(2)10-18(8-9-20-14)13(19)15(3,17)11-4-6-12(16)7-5-11/h4-7H,8-10,17H2,1-3H3. The normalized spacial score (nSPS) is 21.4. The second-order valence-corrected chi connectivity index (χ2v) is 6.96. The van der Waals surface area contributed by atoms with Crippen LogP contribution < -0.4 is 5.73 Å². The summed E-state index contributed by atoms with van der Waals surface area (Å²) in [4.78, 5) is 14.5. The summed E-state index contributed by atoms with van der Waals surface area (Å²) in [5.74, 6) is -0.0591. The minimum atomic E-state index is -1.02. The van der Waals surface area contributed by atoms with Crippen molar-refractivity contribution in [1.29, 1.82) is 0 Å². The van der Waals surface area contributed by atoms with Gasteiger partial charge in [0.15, 0.2) is 0 Å². The Hall–Kier alpha value is -0.910. The number of amides is 1. The molecule has 0 spiro atoms. The van der Waals surface area contributed by atoms with Crippen molar-refractivity contribution < 1.29 is 9.53 Å². The first-order valence-corrected chi connectivity index (χ1v) is 7.50. The molecule has 2 rings (SSSR count). The fourth-order valence-electron chi connectivity index (χ4n) is 2.44. The van der Waals surface area contributed by atoms with Crippen molar-refractivity contribution in [3.8, 4) is 0 Å². The fourth-order valence-corrected chi connectivity index (χ4v) is 2.70. The molecule has 110 valence electrons. The lowest BCUT2D eigenvalue weighted by Crippen LogP contribution is -2.58. The lowest BCUT2D eigenvalue weighted by atomic mass is 9.91. The number of carbonyl (C=O) groups excluding carboxylic acids is 1. The molecule has 1 unspecified atom stereocenters. The van der Waals surface area contributed by atoms with Crippen LogP contribution in [0.2, 0.25) is 0 Å². The van der Waals surface area contributed by atoms with Gasteiger partial charge in [0.2, 0.25) is 5.91 Å². The van der Waals surface area contributed by atoms with Gasteiger partial charge in [-0.1, -0.05) is 28.1 Å². The number of rotatable bonds is 2. The highest BCUT2D eigenvalue weighted by Crippen LogP contribution is 2.25. The van der Waals surface area contributed by atoms with Gasteiger partial charge in [0.05, 0.1) is 12.2 Å². The van der Waals surface area contributed by atoms with Crippen molar-refractivity contribution in [2.45, 2.75) is 31.9 Å². The second-order valence-electron chi connectivity index (χ2n) is 6.04. The number of nitrogens with zero attached hydrogens (tertiary/aromatic N) is 1. The third-order valence-electron chi connectivity index (χ3n) is 3.60. The Kier molecular flexibility index (Phi) is 4.23. The van der Waals surface area contributed by atoms with E-state index in [0.717, 1.165) is 10.0 Å². The van der Waals surface area contributed by atoms with E-state index < -0.39 is 5.54 Å². The van der Waals surface area contributed by atoms with Gasteiger partial charge in [-0.2, -0.15) is 0 Å². The molecule has 0 bridgehead atoms. The first-order valence-electron chi connectivity index (χ1n) is 6.71. The topological polar surface area (TPSA) is 55.6 Å². The zero-order chi connectivity index (χ0) is 15.0. The predicted octanol–water partition coefficient (Wildman–Crippen LogP) is 2.26. The molecule has 4 nitrogen and oxygen atoms in total. The molecule has 1 fully saturated rings. The Morgan fingerprint density at radius 1 is 1.40 bits per heavy atom. The number of ether oxygens (including phenoxy) is 1. The van der Waals surface area contributed by atoms with Crippen LogP contribution in [-0.2, 0) is 15.1 Å². The first-order chi connectivity index (χ1) is 9.22. The molecule has 1 amide bonds. The minimum Gasteiger partial charge on any atom is -0.372 e. The van der Waals surface area contributed by atoms with Crippen LogP contribution in [0.1, 0.15) is 26.3 Å². The number of nitrogens with two attached hydrogens (primary N) is 1. The summed E-state index contributed by atoms with van der Waals surface area (Å²) < 4.78 is 6.61. The monoisotopic (exact) mass is 340 g/mol. The molecule has 0 radical (unpaired) electrons. The van der Waals surface area contributed by atoms with E-state index in [1.54, 1.807) is 11.8 Å². The third kappa shape index (κ3) is 3.22. The number of carbonyl (C=O) groups is 1. The van der Waals surface area contributed by atoms with Gasteiger partial charge in [0.25, 0.3) is 0 Å². The van der Waals surface area contributed by atoms with Crippen LogP contribution in [0.3, 0.4) is 0 Å². The van der Waals surface area contributed by atoms with Crippen molar-refractivity contribution >= 4 is 21.8 Å². The number of hydrogen-bond donors (Lipinski definition) is 1. The largest absolute Gasteiger partial charge is 0.372 e. The number of benzene rings is 1. The summed E-state index contributed by atoms with van der Waals surface area (Å²) in [5, 5.41) is 0. The molecule has 1 heterocycles. The van der Waals surface area contributed by atoms with Gasteiger partial charge < -0.3 is 15.4 Å². The van der Waals surface area contributed by atoms with Crippen molar-refractivity contribution in [3.63, 3.8) is 0 Å². The highest BCUT2D eigenvalue weighted by Gasteiger charge is 2.38. The molecule has 1 aromatic rings. The van der Waals surface area contributed by atoms with Gasteiger partial charge in [0.1, 0.15) is 5.54 Å². The van der Waals surface area contributed by atoms with E-state index >= 15 is 0 Å². The Balaban J connectivity index is 2.20. The molecule has 0 aliphatic carbocycles. The number of halogens is 1. The van der Waals surface area contributed by atoms with Crippen molar-refractivity contribution in [2.75, 3.05) is 19.7 Å². The van der Waals surface area contributed by atoms with E-state index in [1.807, 2.05) is 38.1 Å². The molecular weight excluding hydrogens is 320 g/mol. The molecule has 0 saturated carbocycles.